The van der Waals surface area contributed by atoms with Crippen molar-refractivity contribution in [3.05, 3.63) is 47.3 Å². The van der Waals surface area contributed by atoms with Crippen molar-refractivity contribution in [2.75, 3.05) is 7.11 Å². The number of ether oxygens (including phenoxy) is 1. The molecule has 4 atom stereocenters. The summed E-state index contributed by atoms with van der Waals surface area (Å²) < 4.78 is 19.5. The van der Waals surface area contributed by atoms with Crippen LogP contribution in [0.3, 0.4) is 0 Å². The van der Waals surface area contributed by atoms with Gasteiger partial charge in [-0.2, -0.15) is 0 Å². The summed E-state index contributed by atoms with van der Waals surface area (Å²) >= 11 is 0. The number of hydrogen-bond donors (Lipinski definition) is 0. The molecule has 0 saturated heterocycles. The molecular formula is C28H37FO2. The second kappa shape index (κ2) is 10.1. The van der Waals surface area contributed by atoms with Crippen LogP contribution < -0.4 is 0 Å². The number of benzene rings is 2. The Morgan fingerprint density at radius 2 is 1.81 bits per heavy atom. The lowest BCUT2D eigenvalue weighted by Crippen LogP contribution is -2.30. The standard InChI is InChI=1S/C28H37FO2/c1-3-4-5-6-7-19-8-9-21-15-22(11-10-20(21)14-19)23-12-13-24-16-25(28(30)31-2)18-27(29)26(24)17-23/h12-13,16-22H,3-11,14-15H2,1-2H3. The van der Waals surface area contributed by atoms with Gasteiger partial charge in [0.05, 0.1) is 12.7 Å². The Morgan fingerprint density at radius 1 is 1.00 bits per heavy atom. The minimum Gasteiger partial charge on any atom is -0.465 e. The highest BCUT2D eigenvalue weighted by Crippen LogP contribution is 2.48. The SMILES string of the molecule is CCCCCCC1CCC2CC(c3ccc4cc(C(=O)OC)cc(F)c4c3)CCC2C1. The van der Waals surface area contributed by atoms with Crippen LogP contribution in [0.5, 0.6) is 0 Å². The summed E-state index contributed by atoms with van der Waals surface area (Å²) in [7, 11) is 1.32. The molecule has 2 saturated carbocycles. The number of unbranched alkanes of at least 4 members (excludes halogenated alkanes) is 3. The van der Waals surface area contributed by atoms with Gasteiger partial charge < -0.3 is 4.74 Å². The number of carbonyl (C=O) groups excluding carboxylic acids is 1. The van der Waals surface area contributed by atoms with Crippen LogP contribution in [0.1, 0.15) is 99.4 Å². The fourth-order valence-corrected chi connectivity index (χ4v) is 6.23. The molecule has 31 heavy (non-hydrogen) atoms. The Kier molecular flexibility index (Phi) is 7.30. The molecule has 2 fully saturated rings. The van der Waals surface area contributed by atoms with Crippen LogP contribution in [-0.4, -0.2) is 13.1 Å². The molecule has 0 heterocycles. The number of hydrogen-bond acceptors (Lipinski definition) is 2. The lowest BCUT2D eigenvalue weighted by atomic mass is 9.63. The first-order valence-corrected chi connectivity index (χ1v) is 12.4. The lowest BCUT2D eigenvalue weighted by molar-refractivity contribution is 0.0600. The minimum absolute atomic E-state index is 0.271. The zero-order valence-corrected chi connectivity index (χ0v) is 19.2. The van der Waals surface area contributed by atoms with Crippen LogP contribution in [0.25, 0.3) is 10.8 Å². The molecule has 4 rings (SSSR count). The predicted octanol–water partition coefficient (Wildman–Crippen LogP) is 8.04. The van der Waals surface area contributed by atoms with Crippen molar-refractivity contribution in [2.45, 2.75) is 83.5 Å². The van der Waals surface area contributed by atoms with E-state index in [2.05, 4.69) is 13.0 Å². The molecule has 2 aromatic rings. The van der Waals surface area contributed by atoms with Gasteiger partial charge in [0.15, 0.2) is 0 Å². The predicted molar refractivity (Wildman–Crippen MR) is 125 cm³/mol. The van der Waals surface area contributed by atoms with Gasteiger partial charge in [0.2, 0.25) is 0 Å². The number of esters is 1. The van der Waals surface area contributed by atoms with Crippen LogP contribution in [-0.2, 0) is 4.74 Å². The summed E-state index contributed by atoms with van der Waals surface area (Å²) in [5, 5.41) is 1.38. The third kappa shape index (κ3) is 5.13. The molecule has 2 aromatic carbocycles. The maximum Gasteiger partial charge on any atom is 0.337 e. The molecule has 0 aromatic heterocycles. The van der Waals surface area contributed by atoms with Crippen LogP contribution in [0.15, 0.2) is 30.3 Å². The molecule has 3 heteroatoms. The summed E-state index contributed by atoms with van der Waals surface area (Å²) in [6, 6.07) is 9.17. The molecule has 0 aliphatic heterocycles. The van der Waals surface area contributed by atoms with E-state index in [-0.39, 0.29) is 11.4 Å². The molecule has 2 aliphatic carbocycles. The van der Waals surface area contributed by atoms with E-state index in [4.69, 9.17) is 4.74 Å². The Labute approximate surface area is 186 Å². The average Bonchev–Trinajstić information content (AvgIpc) is 2.80. The molecule has 0 spiro atoms. The van der Waals surface area contributed by atoms with E-state index >= 15 is 0 Å². The van der Waals surface area contributed by atoms with Gasteiger partial charge in [-0.25, -0.2) is 9.18 Å². The van der Waals surface area contributed by atoms with Crippen LogP contribution in [0.2, 0.25) is 0 Å². The van der Waals surface area contributed by atoms with Crippen molar-refractivity contribution in [1.29, 1.82) is 0 Å². The van der Waals surface area contributed by atoms with Crippen LogP contribution in [0, 0.1) is 23.6 Å². The van der Waals surface area contributed by atoms with E-state index in [1.54, 1.807) is 6.07 Å². The van der Waals surface area contributed by atoms with Gasteiger partial charge in [0.1, 0.15) is 5.82 Å². The normalized spacial score (nSPS) is 25.9. The number of carbonyl (C=O) groups is 1. The van der Waals surface area contributed by atoms with Gasteiger partial charge in [0, 0.05) is 5.39 Å². The molecule has 4 unspecified atom stereocenters. The quantitative estimate of drug-likeness (QED) is 0.332. The number of halogens is 1. The molecular weight excluding hydrogens is 387 g/mol. The summed E-state index contributed by atoms with van der Waals surface area (Å²) in [5.74, 6) is 2.40. The van der Waals surface area contributed by atoms with Gasteiger partial charge in [-0.1, -0.05) is 57.6 Å². The van der Waals surface area contributed by atoms with Crippen molar-refractivity contribution in [3.63, 3.8) is 0 Å². The summed E-state index contributed by atoms with van der Waals surface area (Å²) in [6.45, 7) is 2.28. The van der Waals surface area contributed by atoms with E-state index in [0.717, 1.165) is 23.1 Å². The highest BCUT2D eigenvalue weighted by Gasteiger charge is 2.35. The van der Waals surface area contributed by atoms with Gasteiger partial charge in [-0.05, 0) is 84.9 Å². The third-order valence-electron chi connectivity index (χ3n) is 8.01. The average molecular weight is 425 g/mol. The molecule has 0 bridgehead atoms. The highest BCUT2D eigenvalue weighted by molar-refractivity contribution is 5.95. The topological polar surface area (TPSA) is 26.3 Å². The number of fused-ring (bicyclic) bond motifs is 2. The molecule has 168 valence electrons. The lowest BCUT2D eigenvalue weighted by Gasteiger charge is -2.42. The second-order valence-corrected chi connectivity index (χ2v) is 9.99. The van der Waals surface area contributed by atoms with E-state index < -0.39 is 5.97 Å². The Morgan fingerprint density at radius 3 is 2.61 bits per heavy atom. The third-order valence-corrected chi connectivity index (χ3v) is 8.01. The Hall–Kier alpha value is -1.90. The number of methoxy groups -OCH3 is 1. The first kappa shape index (κ1) is 22.3. The highest BCUT2D eigenvalue weighted by atomic mass is 19.1. The zero-order valence-electron chi connectivity index (χ0n) is 19.2. The van der Waals surface area contributed by atoms with Crippen LogP contribution in [0.4, 0.5) is 4.39 Å². The Balaban J connectivity index is 1.40. The van der Waals surface area contributed by atoms with Crippen molar-refractivity contribution in [1.82, 2.24) is 0 Å². The van der Waals surface area contributed by atoms with Crippen LogP contribution >= 0.6 is 0 Å². The largest absolute Gasteiger partial charge is 0.465 e. The minimum atomic E-state index is -0.496. The summed E-state index contributed by atoms with van der Waals surface area (Å²) in [6.07, 6.45) is 15.0. The van der Waals surface area contributed by atoms with Gasteiger partial charge in [0.25, 0.3) is 0 Å². The fraction of sp³-hybridized carbons (Fsp3) is 0.607. The zero-order chi connectivity index (χ0) is 21.8. The summed E-state index contributed by atoms with van der Waals surface area (Å²) in [4.78, 5) is 11.8. The van der Waals surface area contributed by atoms with Gasteiger partial charge in [-0.15, -0.1) is 0 Å². The molecule has 0 amide bonds. The monoisotopic (exact) mass is 424 g/mol. The van der Waals surface area contributed by atoms with Crippen molar-refractivity contribution >= 4 is 16.7 Å². The summed E-state index contributed by atoms with van der Waals surface area (Å²) in [5.41, 5.74) is 1.53. The smallest absolute Gasteiger partial charge is 0.337 e. The van der Waals surface area contributed by atoms with E-state index in [1.807, 2.05) is 12.1 Å². The molecule has 0 N–H and O–H groups in total. The van der Waals surface area contributed by atoms with Gasteiger partial charge in [-0.3, -0.25) is 0 Å². The van der Waals surface area contributed by atoms with Gasteiger partial charge >= 0.3 is 5.97 Å². The second-order valence-electron chi connectivity index (χ2n) is 9.99. The van der Waals surface area contributed by atoms with Crippen molar-refractivity contribution in [2.24, 2.45) is 17.8 Å². The first-order chi connectivity index (χ1) is 15.1. The number of rotatable bonds is 7. The Bertz CT molecular complexity index is 905. The molecule has 2 aliphatic rings. The molecule has 0 radical (unpaired) electrons. The van der Waals surface area contributed by atoms with Crippen molar-refractivity contribution in [3.8, 4) is 0 Å². The van der Waals surface area contributed by atoms with E-state index in [0.29, 0.717) is 11.3 Å². The van der Waals surface area contributed by atoms with E-state index in [9.17, 15) is 9.18 Å². The van der Waals surface area contributed by atoms with E-state index in [1.165, 1.54) is 89.4 Å². The van der Waals surface area contributed by atoms with Crippen molar-refractivity contribution < 1.29 is 13.9 Å². The molecule has 2 nitrogen and oxygen atoms in total. The first-order valence-electron chi connectivity index (χ1n) is 12.4. The maximum absolute atomic E-state index is 14.7. The maximum atomic E-state index is 14.7. The fourth-order valence-electron chi connectivity index (χ4n) is 6.23.